The van der Waals surface area contributed by atoms with Gasteiger partial charge in [0.1, 0.15) is 24.7 Å². The molecule has 254 valence electrons. The van der Waals surface area contributed by atoms with E-state index >= 15 is 0 Å². The Morgan fingerprint density at radius 1 is 0.346 bits per heavy atom. The van der Waals surface area contributed by atoms with Crippen LogP contribution in [-0.2, 0) is 26.4 Å². The zero-order chi connectivity index (χ0) is 35.3. The fourth-order valence-electron chi connectivity index (χ4n) is 6.80. The van der Waals surface area contributed by atoms with Gasteiger partial charge in [-0.15, -0.1) is 0 Å². The summed E-state index contributed by atoms with van der Waals surface area (Å²) in [5.74, 6) is 1.51. The van der Waals surface area contributed by atoms with Gasteiger partial charge in [0.15, 0.2) is 0 Å². The average Bonchev–Trinajstić information content (AvgIpc) is 3.22. The van der Waals surface area contributed by atoms with Crippen LogP contribution < -0.4 is 9.47 Å². The molecule has 4 heteroatoms. The van der Waals surface area contributed by atoms with Gasteiger partial charge in [0, 0.05) is 11.1 Å². The molecule has 8 rings (SSSR count). The Hall–Kier alpha value is -6.20. The second-order valence-electron chi connectivity index (χ2n) is 13.0. The van der Waals surface area contributed by atoms with Crippen LogP contribution in [0.4, 0.5) is 0 Å². The van der Waals surface area contributed by atoms with Gasteiger partial charge in [-0.3, -0.25) is 0 Å². The molecule has 0 unspecified atom stereocenters. The lowest BCUT2D eigenvalue weighted by Crippen LogP contribution is -2.01. The second-order valence-corrected chi connectivity index (χ2v) is 13.0. The molecule has 52 heavy (non-hydrogen) atoms. The van der Waals surface area contributed by atoms with E-state index in [1.165, 1.54) is 0 Å². The number of benzene rings is 8. The second kappa shape index (κ2) is 15.0. The lowest BCUT2D eigenvalue weighted by Gasteiger charge is -2.21. The third-order valence-corrected chi connectivity index (χ3v) is 9.63. The van der Waals surface area contributed by atoms with Crippen molar-refractivity contribution in [1.82, 2.24) is 0 Å². The first-order valence-electron chi connectivity index (χ1n) is 17.5. The predicted molar refractivity (Wildman–Crippen MR) is 211 cm³/mol. The van der Waals surface area contributed by atoms with Crippen LogP contribution in [0.25, 0.3) is 54.9 Å². The molecule has 0 aliphatic heterocycles. The number of hydrogen-bond donors (Lipinski definition) is 2. The van der Waals surface area contributed by atoms with Crippen molar-refractivity contribution < 1.29 is 19.7 Å². The lowest BCUT2D eigenvalue weighted by molar-refractivity contribution is 0.281. The van der Waals surface area contributed by atoms with Crippen molar-refractivity contribution in [3.8, 4) is 44.9 Å². The van der Waals surface area contributed by atoms with Gasteiger partial charge in [0.2, 0.25) is 0 Å². The normalized spacial score (nSPS) is 11.2. The Kier molecular flexibility index (Phi) is 9.49. The quantitative estimate of drug-likeness (QED) is 0.143. The van der Waals surface area contributed by atoms with Gasteiger partial charge in [-0.2, -0.15) is 0 Å². The molecule has 0 aliphatic rings. The van der Waals surface area contributed by atoms with Crippen molar-refractivity contribution in [2.45, 2.75) is 26.4 Å². The van der Waals surface area contributed by atoms with Gasteiger partial charge in [-0.05, 0) is 90.3 Å². The molecule has 4 nitrogen and oxygen atoms in total. The molecular weight excluding hydrogens is 641 g/mol. The van der Waals surface area contributed by atoms with Gasteiger partial charge >= 0.3 is 0 Å². The zero-order valence-corrected chi connectivity index (χ0v) is 28.7. The van der Waals surface area contributed by atoms with Gasteiger partial charge in [0.25, 0.3) is 0 Å². The van der Waals surface area contributed by atoms with E-state index in [-0.39, 0.29) is 13.2 Å². The Balaban J connectivity index is 1.31. The minimum Gasteiger partial charge on any atom is -0.488 e. The summed E-state index contributed by atoms with van der Waals surface area (Å²) in [4.78, 5) is 0. The first-order chi connectivity index (χ1) is 25.7. The highest BCUT2D eigenvalue weighted by molar-refractivity contribution is 6.11. The third kappa shape index (κ3) is 6.90. The number of aliphatic hydroxyl groups excluding tert-OH is 2. The average molecular weight is 679 g/mol. The summed E-state index contributed by atoms with van der Waals surface area (Å²) < 4.78 is 13.4. The summed E-state index contributed by atoms with van der Waals surface area (Å²) in [6.45, 7) is 0.732. The summed E-state index contributed by atoms with van der Waals surface area (Å²) in [5, 5.41) is 23.5. The van der Waals surface area contributed by atoms with Crippen molar-refractivity contribution >= 4 is 21.5 Å². The molecule has 0 spiro atoms. The number of fused-ring (bicyclic) bond motifs is 2. The molecule has 0 saturated carbocycles. The molecule has 0 fully saturated rings. The number of hydrogen-bond acceptors (Lipinski definition) is 4. The van der Waals surface area contributed by atoms with E-state index in [9.17, 15) is 10.2 Å². The molecule has 0 aromatic heterocycles. The number of ether oxygens (including phenoxy) is 2. The van der Waals surface area contributed by atoms with Crippen LogP contribution in [0.5, 0.6) is 11.5 Å². The van der Waals surface area contributed by atoms with E-state index in [2.05, 4.69) is 109 Å². The monoisotopic (exact) mass is 678 g/mol. The van der Waals surface area contributed by atoms with E-state index in [4.69, 9.17) is 9.47 Å². The first-order valence-corrected chi connectivity index (χ1v) is 17.5. The van der Waals surface area contributed by atoms with Crippen LogP contribution in [0.15, 0.2) is 170 Å². The summed E-state index contributed by atoms with van der Waals surface area (Å²) >= 11 is 0. The molecule has 0 aliphatic carbocycles. The molecular formula is C48H38O4. The van der Waals surface area contributed by atoms with Gasteiger partial charge in [-0.25, -0.2) is 0 Å². The molecule has 0 bridgehead atoms. The fraction of sp³-hybridized carbons (Fsp3) is 0.0833. The SMILES string of the molecule is OCc1ccc(COc2ccc3cc(-c4ccccc4)ccc3c2-c2c(OCc3ccc(CO)cc3)ccc3cc(-c4ccccc4)ccc23)cc1. The van der Waals surface area contributed by atoms with Crippen LogP contribution in [0.3, 0.4) is 0 Å². The Morgan fingerprint density at radius 2 is 0.731 bits per heavy atom. The summed E-state index contributed by atoms with van der Waals surface area (Å²) in [7, 11) is 0. The zero-order valence-electron chi connectivity index (χ0n) is 28.7. The highest BCUT2D eigenvalue weighted by Gasteiger charge is 2.20. The minimum atomic E-state index is 0.00233. The van der Waals surface area contributed by atoms with Crippen LogP contribution in [0, 0.1) is 0 Å². The van der Waals surface area contributed by atoms with E-state index in [1.54, 1.807) is 0 Å². The minimum absolute atomic E-state index is 0.00233. The lowest BCUT2D eigenvalue weighted by atomic mass is 9.90. The van der Waals surface area contributed by atoms with E-state index in [0.29, 0.717) is 13.2 Å². The van der Waals surface area contributed by atoms with Crippen molar-refractivity contribution in [1.29, 1.82) is 0 Å². The highest BCUT2D eigenvalue weighted by Crippen LogP contribution is 2.47. The number of aliphatic hydroxyl groups is 2. The largest absolute Gasteiger partial charge is 0.488 e. The van der Waals surface area contributed by atoms with Crippen molar-refractivity contribution in [2.75, 3.05) is 0 Å². The van der Waals surface area contributed by atoms with Crippen LogP contribution in [0.2, 0.25) is 0 Å². The standard InChI is InChI=1S/C48H38O4/c49-29-33-11-15-35(16-12-33)31-51-45-25-21-41-27-39(37-7-3-1-4-8-37)19-23-43(41)47(45)48-44-24-20-40(38-9-5-2-6-10-38)28-42(44)22-26-46(48)52-32-36-17-13-34(30-50)14-18-36/h1-28,49-50H,29-32H2. The van der Waals surface area contributed by atoms with Gasteiger partial charge in [-0.1, -0.05) is 146 Å². The van der Waals surface area contributed by atoms with Crippen molar-refractivity contribution in [3.63, 3.8) is 0 Å². The molecule has 2 N–H and O–H groups in total. The van der Waals surface area contributed by atoms with Crippen LogP contribution in [-0.4, -0.2) is 10.2 Å². The molecule has 8 aromatic rings. The maximum Gasteiger partial charge on any atom is 0.128 e. The Bertz CT molecular complexity index is 2280. The maximum absolute atomic E-state index is 9.57. The number of rotatable bonds is 11. The molecule has 0 amide bonds. The summed E-state index contributed by atoms with van der Waals surface area (Å²) in [6, 6.07) is 58.2. The Labute approximate surface area is 303 Å². The molecule has 8 aromatic carbocycles. The molecule has 0 radical (unpaired) electrons. The van der Waals surface area contributed by atoms with Crippen LogP contribution >= 0.6 is 0 Å². The van der Waals surface area contributed by atoms with E-state index < -0.39 is 0 Å². The summed E-state index contributed by atoms with van der Waals surface area (Å²) in [6.07, 6.45) is 0. The summed E-state index contributed by atoms with van der Waals surface area (Å²) in [5.41, 5.74) is 10.3. The van der Waals surface area contributed by atoms with E-state index in [0.717, 1.165) is 88.7 Å². The van der Waals surface area contributed by atoms with Gasteiger partial charge in [0.05, 0.1) is 13.2 Å². The molecule has 0 atom stereocenters. The maximum atomic E-state index is 9.57. The first kappa shape index (κ1) is 33.0. The fourth-order valence-corrected chi connectivity index (χ4v) is 6.80. The molecule has 0 heterocycles. The topological polar surface area (TPSA) is 58.9 Å². The third-order valence-electron chi connectivity index (χ3n) is 9.63. The van der Waals surface area contributed by atoms with Crippen LogP contribution in [0.1, 0.15) is 22.3 Å². The highest BCUT2D eigenvalue weighted by atomic mass is 16.5. The Morgan fingerprint density at radius 3 is 1.12 bits per heavy atom. The predicted octanol–water partition coefficient (Wildman–Crippen LogP) is 11.1. The smallest absolute Gasteiger partial charge is 0.128 e. The van der Waals surface area contributed by atoms with Crippen molar-refractivity contribution in [3.05, 3.63) is 192 Å². The van der Waals surface area contributed by atoms with E-state index in [1.807, 2.05) is 60.7 Å². The molecule has 0 saturated heterocycles. The van der Waals surface area contributed by atoms with Gasteiger partial charge < -0.3 is 19.7 Å². The van der Waals surface area contributed by atoms with Crippen molar-refractivity contribution in [2.24, 2.45) is 0 Å².